The molecule has 0 amide bonds. The minimum Gasteiger partial charge on any atom is -0.373 e. The lowest BCUT2D eigenvalue weighted by Gasteiger charge is -2.24. The monoisotopic (exact) mass is 447 g/mol. The van der Waals surface area contributed by atoms with Crippen molar-refractivity contribution < 1.29 is 4.74 Å². The second kappa shape index (κ2) is 9.03. The van der Waals surface area contributed by atoms with Crippen LogP contribution in [0, 0.1) is 0 Å². The Morgan fingerprint density at radius 2 is 2.17 bits per heavy atom. The largest absolute Gasteiger partial charge is 0.373 e. The highest BCUT2D eigenvalue weighted by Crippen LogP contribution is 2.28. The van der Waals surface area contributed by atoms with Crippen LogP contribution >= 0.6 is 24.0 Å². The van der Waals surface area contributed by atoms with Gasteiger partial charge in [0, 0.05) is 26.4 Å². The van der Waals surface area contributed by atoms with Crippen LogP contribution in [0.3, 0.4) is 0 Å². The summed E-state index contributed by atoms with van der Waals surface area (Å²) in [6.45, 7) is 4.49. The molecular formula is C17H30IN5O. The standard InChI is InChI=1S/C17H29N5O.HI/c1-17(9-5-11-23-17)13-20-16(18-2)19-12-14-8-10-22(21-14)15-6-3-4-7-15;/h8,10,15H,3-7,9,11-13H2,1-2H3,(H2,18,19,20);1H. The first-order valence-corrected chi connectivity index (χ1v) is 8.81. The van der Waals surface area contributed by atoms with Crippen LogP contribution in [-0.4, -0.2) is 41.5 Å². The van der Waals surface area contributed by atoms with E-state index in [4.69, 9.17) is 9.84 Å². The van der Waals surface area contributed by atoms with Gasteiger partial charge in [-0.3, -0.25) is 9.67 Å². The Balaban J connectivity index is 0.00000208. The molecule has 2 N–H and O–H groups in total. The second-order valence-corrected chi connectivity index (χ2v) is 6.91. The number of aromatic nitrogens is 2. The maximum atomic E-state index is 5.80. The first-order valence-electron chi connectivity index (χ1n) is 8.81. The normalized spacial score (nSPS) is 24.8. The highest BCUT2D eigenvalue weighted by atomic mass is 127. The molecule has 1 aromatic rings. The highest BCUT2D eigenvalue weighted by Gasteiger charge is 2.29. The summed E-state index contributed by atoms with van der Waals surface area (Å²) in [7, 11) is 1.80. The lowest BCUT2D eigenvalue weighted by atomic mass is 10.0. The Morgan fingerprint density at radius 3 is 2.83 bits per heavy atom. The fourth-order valence-electron chi connectivity index (χ4n) is 3.49. The second-order valence-electron chi connectivity index (χ2n) is 6.91. The summed E-state index contributed by atoms with van der Waals surface area (Å²) in [5.74, 6) is 0.803. The van der Waals surface area contributed by atoms with Gasteiger partial charge in [-0.2, -0.15) is 5.10 Å². The molecule has 1 saturated carbocycles. The molecule has 0 spiro atoms. The number of nitrogens with zero attached hydrogens (tertiary/aromatic N) is 3. The van der Waals surface area contributed by atoms with E-state index in [0.29, 0.717) is 12.6 Å². The summed E-state index contributed by atoms with van der Waals surface area (Å²) in [4.78, 5) is 4.28. The Bertz CT molecular complexity index is 533. The van der Waals surface area contributed by atoms with Crippen molar-refractivity contribution >= 4 is 29.9 Å². The van der Waals surface area contributed by atoms with Crippen molar-refractivity contribution in [3.63, 3.8) is 0 Å². The summed E-state index contributed by atoms with van der Waals surface area (Å²) >= 11 is 0. The number of rotatable bonds is 5. The van der Waals surface area contributed by atoms with Crippen LogP contribution < -0.4 is 10.6 Å². The third-order valence-electron chi connectivity index (χ3n) is 4.95. The fourth-order valence-corrected chi connectivity index (χ4v) is 3.49. The molecule has 3 rings (SSSR count). The van der Waals surface area contributed by atoms with Crippen LogP contribution in [0.5, 0.6) is 0 Å². The van der Waals surface area contributed by atoms with Gasteiger partial charge in [-0.1, -0.05) is 12.8 Å². The van der Waals surface area contributed by atoms with E-state index in [2.05, 4.69) is 39.5 Å². The van der Waals surface area contributed by atoms with Crippen molar-refractivity contribution in [3.05, 3.63) is 18.0 Å². The van der Waals surface area contributed by atoms with E-state index in [0.717, 1.165) is 37.6 Å². The molecule has 7 heteroatoms. The number of aliphatic imine (C=N–C) groups is 1. The molecule has 2 fully saturated rings. The van der Waals surface area contributed by atoms with Gasteiger partial charge in [0.25, 0.3) is 0 Å². The van der Waals surface area contributed by atoms with Gasteiger partial charge in [0.15, 0.2) is 5.96 Å². The maximum absolute atomic E-state index is 5.80. The quantitative estimate of drug-likeness (QED) is 0.414. The lowest BCUT2D eigenvalue weighted by molar-refractivity contribution is 0.0243. The van der Waals surface area contributed by atoms with Gasteiger partial charge in [0.1, 0.15) is 0 Å². The highest BCUT2D eigenvalue weighted by molar-refractivity contribution is 14.0. The zero-order valence-electron chi connectivity index (χ0n) is 14.8. The number of ether oxygens (including phenoxy) is 1. The third-order valence-corrected chi connectivity index (χ3v) is 4.95. The van der Waals surface area contributed by atoms with Crippen molar-refractivity contribution in [2.75, 3.05) is 20.2 Å². The fraction of sp³-hybridized carbons (Fsp3) is 0.765. The molecule has 24 heavy (non-hydrogen) atoms. The van der Waals surface area contributed by atoms with Crippen LogP contribution in [0.4, 0.5) is 0 Å². The van der Waals surface area contributed by atoms with Gasteiger partial charge in [-0.05, 0) is 38.7 Å². The van der Waals surface area contributed by atoms with Crippen molar-refractivity contribution in [2.45, 2.75) is 63.6 Å². The molecule has 1 unspecified atom stereocenters. The van der Waals surface area contributed by atoms with E-state index in [1.165, 1.54) is 25.7 Å². The van der Waals surface area contributed by atoms with Crippen LogP contribution in [0.15, 0.2) is 17.3 Å². The van der Waals surface area contributed by atoms with Crippen LogP contribution in [-0.2, 0) is 11.3 Å². The van der Waals surface area contributed by atoms with Crippen LogP contribution in [0.2, 0.25) is 0 Å². The number of hydrogen-bond acceptors (Lipinski definition) is 3. The number of guanidine groups is 1. The summed E-state index contributed by atoms with van der Waals surface area (Å²) in [5.41, 5.74) is 0.991. The maximum Gasteiger partial charge on any atom is 0.191 e. The number of hydrogen-bond donors (Lipinski definition) is 2. The molecule has 1 aliphatic heterocycles. The lowest BCUT2D eigenvalue weighted by Crippen LogP contribution is -2.45. The third kappa shape index (κ3) is 5.08. The van der Waals surface area contributed by atoms with Gasteiger partial charge < -0.3 is 15.4 Å². The van der Waals surface area contributed by atoms with Crippen molar-refractivity contribution in [2.24, 2.45) is 4.99 Å². The molecule has 0 aromatic carbocycles. The zero-order valence-corrected chi connectivity index (χ0v) is 17.1. The topological polar surface area (TPSA) is 63.5 Å². The molecular weight excluding hydrogens is 417 g/mol. The summed E-state index contributed by atoms with van der Waals surface area (Å²) in [6, 6.07) is 2.70. The first-order chi connectivity index (χ1) is 11.2. The van der Waals surface area contributed by atoms with Gasteiger partial charge in [0.05, 0.1) is 23.9 Å². The summed E-state index contributed by atoms with van der Waals surface area (Å²) in [5, 5.41) is 11.4. The molecule has 1 atom stereocenters. The Morgan fingerprint density at radius 1 is 1.38 bits per heavy atom. The minimum absolute atomic E-state index is 0. The van der Waals surface area contributed by atoms with E-state index < -0.39 is 0 Å². The molecule has 2 heterocycles. The van der Waals surface area contributed by atoms with E-state index in [9.17, 15) is 0 Å². The molecule has 0 radical (unpaired) electrons. The van der Waals surface area contributed by atoms with Gasteiger partial charge in [-0.15, -0.1) is 24.0 Å². The minimum atomic E-state index is -0.0678. The van der Waals surface area contributed by atoms with Crippen LogP contribution in [0.1, 0.15) is 57.2 Å². The number of nitrogens with one attached hydrogen (secondary N) is 2. The smallest absolute Gasteiger partial charge is 0.191 e. The van der Waals surface area contributed by atoms with Crippen molar-refractivity contribution in [1.29, 1.82) is 0 Å². The van der Waals surface area contributed by atoms with E-state index >= 15 is 0 Å². The molecule has 1 aliphatic carbocycles. The Kier molecular flexibility index (Phi) is 7.34. The van der Waals surface area contributed by atoms with Gasteiger partial charge >= 0.3 is 0 Å². The summed E-state index contributed by atoms with van der Waals surface area (Å²) in [6.07, 6.45) is 9.53. The SMILES string of the molecule is CN=C(NCc1ccn(C2CCCC2)n1)NCC1(C)CCCO1.I. The molecule has 1 aromatic heterocycles. The van der Waals surface area contributed by atoms with Crippen LogP contribution in [0.25, 0.3) is 0 Å². The summed E-state index contributed by atoms with van der Waals surface area (Å²) < 4.78 is 7.93. The molecule has 6 nitrogen and oxygen atoms in total. The Labute approximate surface area is 161 Å². The predicted molar refractivity (Wildman–Crippen MR) is 107 cm³/mol. The van der Waals surface area contributed by atoms with E-state index in [1.54, 1.807) is 7.05 Å². The van der Waals surface area contributed by atoms with Gasteiger partial charge in [-0.25, -0.2) is 0 Å². The van der Waals surface area contributed by atoms with Gasteiger partial charge in [0.2, 0.25) is 0 Å². The average molecular weight is 447 g/mol. The van der Waals surface area contributed by atoms with Crippen molar-refractivity contribution in [3.8, 4) is 0 Å². The molecule has 0 bridgehead atoms. The molecule has 136 valence electrons. The molecule has 1 saturated heterocycles. The zero-order chi connectivity index (χ0) is 16.1. The Hall–Kier alpha value is -0.830. The van der Waals surface area contributed by atoms with E-state index in [-0.39, 0.29) is 29.6 Å². The number of halogens is 1. The predicted octanol–water partition coefficient (Wildman–Crippen LogP) is 2.85. The van der Waals surface area contributed by atoms with E-state index in [1.807, 2.05) is 0 Å². The average Bonchev–Trinajstić information content (AvgIpc) is 3.29. The first kappa shape index (κ1) is 19.5. The molecule has 2 aliphatic rings. The van der Waals surface area contributed by atoms with Crippen molar-refractivity contribution in [1.82, 2.24) is 20.4 Å².